The van der Waals surface area contributed by atoms with Crippen LogP contribution in [0.15, 0.2) is 0 Å². The average Bonchev–Trinajstić information content (AvgIpc) is 3.20. The molecule has 3 N–H and O–H groups in total. The molecule has 0 heterocycles. The largest absolute Gasteiger partial charge is 0.480 e. The summed E-state index contributed by atoms with van der Waals surface area (Å²) in [6.07, 6.45) is 2.10. The molecule has 1 rings (SSSR count). The molecule has 1 aliphatic carbocycles. The number of nitrogens with two attached hydrogens (primary N) is 1. The van der Waals surface area contributed by atoms with Gasteiger partial charge in [0.05, 0.1) is 6.61 Å². The molecule has 1 fully saturated rings. The molecule has 0 aromatic heterocycles. The van der Waals surface area contributed by atoms with Gasteiger partial charge in [0.1, 0.15) is 13.1 Å². The summed E-state index contributed by atoms with van der Waals surface area (Å²) in [5.41, 5.74) is 5.09. The van der Waals surface area contributed by atoms with Crippen LogP contribution in [-0.2, 0) is 14.3 Å². The Bertz CT molecular complexity index is 381. The van der Waals surface area contributed by atoms with E-state index in [-0.39, 0.29) is 6.04 Å². The number of carbonyl (C=O) groups is 3. The molecular weight excluding hydrogens is 278 g/mol. The molecule has 3 amide bonds. The van der Waals surface area contributed by atoms with Crippen molar-refractivity contribution in [2.75, 3.05) is 33.4 Å². The Morgan fingerprint density at radius 2 is 1.95 bits per heavy atom. The van der Waals surface area contributed by atoms with E-state index in [0.29, 0.717) is 19.1 Å². The second kappa shape index (κ2) is 7.82. The van der Waals surface area contributed by atoms with Crippen LogP contribution >= 0.6 is 0 Å². The third kappa shape index (κ3) is 5.58. The van der Waals surface area contributed by atoms with E-state index in [1.54, 1.807) is 4.90 Å². The molecule has 1 saturated carbocycles. The molecule has 8 heteroatoms. The van der Waals surface area contributed by atoms with Crippen LogP contribution in [0, 0.1) is 5.92 Å². The van der Waals surface area contributed by atoms with Crippen LogP contribution in [-0.4, -0.2) is 72.2 Å². The zero-order chi connectivity index (χ0) is 16.0. The van der Waals surface area contributed by atoms with Crippen LogP contribution in [0.4, 0.5) is 4.79 Å². The van der Waals surface area contributed by atoms with Crippen LogP contribution in [0.5, 0.6) is 0 Å². The van der Waals surface area contributed by atoms with E-state index in [1.807, 2.05) is 6.92 Å². The smallest absolute Gasteiger partial charge is 0.323 e. The number of nitrogens with zero attached hydrogens (tertiary/aromatic N) is 2. The minimum absolute atomic E-state index is 0.0168. The lowest BCUT2D eigenvalue weighted by atomic mass is 10.2. The zero-order valence-corrected chi connectivity index (χ0v) is 12.4. The van der Waals surface area contributed by atoms with Gasteiger partial charge < -0.3 is 25.4 Å². The molecule has 0 bridgehead atoms. The highest BCUT2D eigenvalue weighted by atomic mass is 16.5. The maximum Gasteiger partial charge on any atom is 0.323 e. The molecular formula is C13H23N3O5. The Kier molecular flexibility index (Phi) is 6.41. The van der Waals surface area contributed by atoms with Crippen molar-refractivity contribution in [2.45, 2.75) is 25.8 Å². The fourth-order valence-electron chi connectivity index (χ4n) is 2.22. The quantitative estimate of drug-likeness (QED) is 0.608. The van der Waals surface area contributed by atoms with Gasteiger partial charge >= 0.3 is 12.0 Å². The van der Waals surface area contributed by atoms with Crippen molar-refractivity contribution in [1.82, 2.24) is 9.80 Å². The van der Waals surface area contributed by atoms with Gasteiger partial charge in [-0.25, -0.2) is 4.79 Å². The number of aliphatic carboxylic acids is 1. The maximum atomic E-state index is 12.5. The number of amides is 3. The first-order valence-corrected chi connectivity index (χ1v) is 6.91. The molecule has 21 heavy (non-hydrogen) atoms. The fraction of sp³-hybridized carbons (Fsp3) is 0.769. The summed E-state index contributed by atoms with van der Waals surface area (Å²) < 4.78 is 4.99. The normalized spacial score (nSPS) is 15.3. The molecule has 1 aliphatic rings. The van der Waals surface area contributed by atoms with E-state index in [1.165, 1.54) is 7.11 Å². The molecule has 0 aromatic rings. The van der Waals surface area contributed by atoms with Gasteiger partial charge in [0.25, 0.3) is 0 Å². The monoisotopic (exact) mass is 301 g/mol. The lowest BCUT2D eigenvalue weighted by Gasteiger charge is -2.33. The molecule has 0 aromatic carbocycles. The number of rotatable bonds is 9. The highest BCUT2D eigenvalue weighted by Crippen LogP contribution is 2.35. The van der Waals surface area contributed by atoms with Crippen molar-refractivity contribution in [3.8, 4) is 0 Å². The third-order valence-corrected chi connectivity index (χ3v) is 3.52. The molecule has 8 nitrogen and oxygen atoms in total. The number of ether oxygens (including phenoxy) is 1. The maximum absolute atomic E-state index is 12.5. The second-order valence-corrected chi connectivity index (χ2v) is 5.26. The van der Waals surface area contributed by atoms with E-state index in [9.17, 15) is 14.4 Å². The van der Waals surface area contributed by atoms with Crippen LogP contribution in [0.25, 0.3) is 0 Å². The van der Waals surface area contributed by atoms with Gasteiger partial charge in [-0.05, 0) is 25.7 Å². The third-order valence-electron chi connectivity index (χ3n) is 3.52. The number of carboxylic acids is 1. The van der Waals surface area contributed by atoms with Crippen LogP contribution < -0.4 is 5.73 Å². The van der Waals surface area contributed by atoms with Gasteiger partial charge in [0, 0.05) is 19.7 Å². The molecule has 120 valence electrons. The van der Waals surface area contributed by atoms with E-state index < -0.39 is 31.0 Å². The van der Waals surface area contributed by atoms with Crippen molar-refractivity contribution >= 4 is 17.9 Å². The van der Waals surface area contributed by atoms with E-state index in [0.717, 1.165) is 17.7 Å². The summed E-state index contributed by atoms with van der Waals surface area (Å²) in [6, 6.07) is -0.510. The molecule has 1 unspecified atom stereocenters. The van der Waals surface area contributed by atoms with Crippen molar-refractivity contribution in [3.63, 3.8) is 0 Å². The minimum atomic E-state index is -1.18. The first kappa shape index (κ1) is 17.2. The lowest BCUT2D eigenvalue weighted by molar-refractivity contribution is -0.138. The van der Waals surface area contributed by atoms with E-state index in [4.69, 9.17) is 15.6 Å². The number of carbonyl (C=O) groups excluding carboxylic acids is 2. The fourth-order valence-corrected chi connectivity index (χ4v) is 2.22. The van der Waals surface area contributed by atoms with Crippen molar-refractivity contribution in [2.24, 2.45) is 11.7 Å². The predicted octanol–water partition coefficient (Wildman–Crippen LogP) is -0.275. The van der Waals surface area contributed by atoms with Crippen molar-refractivity contribution < 1.29 is 24.2 Å². The van der Waals surface area contributed by atoms with Crippen LogP contribution in [0.2, 0.25) is 0 Å². The van der Waals surface area contributed by atoms with E-state index >= 15 is 0 Å². The number of carboxylic acid groups (broad SMARTS) is 1. The standard InChI is InChI=1S/C13H23N3O5/c1-9(10-3-4-10)16(5-6-21-2)13(20)15(7-11(14)17)8-12(18)19/h9-10H,3-8H2,1-2H3,(H2,14,17)(H,18,19). The van der Waals surface area contributed by atoms with Crippen molar-refractivity contribution in [1.29, 1.82) is 0 Å². The summed E-state index contributed by atoms with van der Waals surface area (Å²) in [4.78, 5) is 36.9. The first-order valence-electron chi connectivity index (χ1n) is 6.91. The molecule has 0 spiro atoms. The summed E-state index contributed by atoms with van der Waals surface area (Å²) in [7, 11) is 1.53. The summed E-state index contributed by atoms with van der Waals surface area (Å²) in [5, 5.41) is 8.87. The predicted molar refractivity (Wildman–Crippen MR) is 74.6 cm³/mol. The molecule has 0 aliphatic heterocycles. The van der Waals surface area contributed by atoms with Gasteiger partial charge in [0.2, 0.25) is 5.91 Å². The van der Waals surface area contributed by atoms with E-state index in [2.05, 4.69) is 0 Å². The topological polar surface area (TPSA) is 113 Å². The number of primary amides is 1. The van der Waals surface area contributed by atoms with Gasteiger partial charge in [-0.15, -0.1) is 0 Å². The molecule has 0 saturated heterocycles. The highest BCUT2D eigenvalue weighted by Gasteiger charge is 2.36. The number of hydrogen-bond donors (Lipinski definition) is 2. The molecule has 0 radical (unpaired) electrons. The van der Waals surface area contributed by atoms with Gasteiger partial charge in [-0.3, -0.25) is 9.59 Å². The lowest BCUT2D eigenvalue weighted by Crippen LogP contribution is -2.52. The minimum Gasteiger partial charge on any atom is -0.480 e. The van der Waals surface area contributed by atoms with Crippen LogP contribution in [0.1, 0.15) is 19.8 Å². The summed E-state index contributed by atoms with van der Waals surface area (Å²) in [6.45, 7) is 1.66. The Balaban J connectivity index is 2.81. The van der Waals surface area contributed by atoms with Gasteiger partial charge in [-0.2, -0.15) is 0 Å². The summed E-state index contributed by atoms with van der Waals surface area (Å²) >= 11 is 0. The number of methoxy groups -OCH3 is 1. The SMILES string of the molecule is COCCN(C(=O)N(CC(N)=O)CC(=O)O)C(C)C1CC1. The Labute approximate surface area is 123 Å². The van der Waals surface area contributed by atoms with Crippen LogP contribution in [0.3, 0.4) is 0 Å². The zero-order valence-electron chi connectivity index (χ0n) is 12.4. The Morgan fingerprint density at radius 1 is 1.33 bits per heavy atom. The Morgan fingerprint density at radius 3 is 2.38 bits per heavy atom. The Hall–Kier alpha value is -1.83. The number of urea groups is 1. The number of hydrogen-bond acceptors (Lipinski definition) is 4. The van der Waals surface area contributed by atoms with Gasteiger partial charge in [0.15, 0.2) is 0 Å². The highest BCUT2D eigenvalue weighted by molar-refractivity contribution is 5.86. The molecule has 1 atom stereocenters. The summed E-state index contributed by atoms with van der Waals surface area (Å²) in [5.74, 6) is -1.50. The average molecular weight is 301 g/mol. The van der Waals surface area contributed by atoms with Gasteiger partial charge in [-0.1, -0.05) is 0 Å². The van der Waals surface area contributed by atoms with Crippen molar-refractivity contribution in [3.05, 3.63) is 0 Å². The second-order valence-electron chi connectivity index (χ2n) is 5.26. The first-order chi connectivity index (χ1) is 9.86.